The lowest BCUT2D eigenvalue weighted by Gasteiger charge is -2.36. The zero-order valence-corrected chi connectivity index (χ0v) is 19.4. The van der Waals surface area contributed by atoms with Gasteiger partial charge in [0, 0.05) is 24.6 Å². The summed E-state index contributed by atoms with van der Waals surface area (Å²) in [6, 6.07) is 10.8. The minimum absolute atomic E-state index is 0.137. The molecule has 33 heavy (non-hydrogen) atoms. The number of fused-ring (bicyclic) bond motifs is 1. The Morgan fingerprint density at radius 1 is 1.21 bits per heavy atom. The minimum Gasteiger partial charge on any atom is -0.497 e. The average Bonchev–Trinajstić information content (AvgIpc) is 3.23. The van der Waals surface area contributed by atoms with Crippen molar-refractivity contribution in [1.29, 1.82) is 0 Å². The number of rotatable bonds is 7. The molecule has 1 amide bonds. The van der Waals surface area contributed by atoms with E-state index in [-0.39, 0.29) is 12.3 Å². The normalized spacial score (nSPS) is 17.2. The monoisotopic (exact) mass is 464 g/mol. The lowest BCUT2D eigenvalue weighted by Crippen LogP contribution is -2.37. The molecule has 1 aromatic carbocycles. The van der Waals surface area contributed by atoms with E-state index in [4.69, 9.17) is 9.47 Å². The summed E-state index contributed by atoms with van der Waals surface area (Å²) in [4.78, 5) is 36.2. The molecule has 2 aliphatic heterocycles. The molecule has 170 valence electrons. The molecule has 0 fully saturated rings. The molecular formula is C24H24N4O4S. The second-order valence-corrected chi connectivity index (χ2v) is 8.31. The van der Waals surface area contributed by atoms with Crippen molar-refractivity contribution in [3.8, 4) is 5.75 Å². The molecule has 3 heterocycles. The molecule has 1 N–H and O–H groups in total. The van der Waals surface area contributed by atoms with Crippen molar-refractivity contribution in [3.05, 3.63) is 82.3 Å². The van der Waals surface area contributed by atoms with Crippen molar-refractivity contribution in [1.82, 2.24) is 15.2 Å². The average molecular weight is 465 g/mol. The minimum atomic E-state index is -0.493. The highest BCUT2D eigenvalue weighted by atomic mass is 32.2. The van der Waals surface area contributed by atoms with Crippen LogP contribution in [0.15, 0.2) is 76.2 Å². The zero-order valence-electron chi connectivity index (χ0n) is 18.6. The third kappa shape index (κ3) is 4.78. The number of amides is 1. The van der Waals surface area contributed by atoms with Crippen LogP contribution in [-0.4, -0.2) is 41.1 Å². The number of hydrogen-bond donors (Lipinski definition) is 1. The molecular weight excluding hydrogens is 440 g/mol. The first-order valence-electron chi connectivity index (χ1n) is 10.3. The van der Waals surface area contributed by atoms with Crippen LogP contribution >= 0.6 is 11.8 Å². The Morgan fingerprint density at radius 2 is 2.06 bits per heavy atom. The predicted octanol–water partition coefficient (Wildman–Crippen LogP) is 3.54. The number of esters is 1. The number of allylic oxidation sites excluding steroid dienone is 1. The summed E-state index contributed by atoms with van der Waals surface area (Å²) in [6.07, 6.45) is 3.55. The molecule has 0 spiro atoms. The Labute approximate surface area is 196 Å². The van der Waals surface area contributed by atoms with E-state index in [1.165, 1.54) is 18.9 Å². The highest BCUT2D eigenvalue weighted by Crippen LogP contribution is 2.45. The first-order chi connectivity index (χ1) is 16.0. The van der Waals surface area contributed by atoms with Gasteiger partial charge in [0.25, 0.3) is 0 Å². The van der Waals surface area contributed by atoms with Crippen LogP contribution in [0.1, 0.15) is 30.5 Å². The molecule has 0 bridgehead atoms. The van der Waals surface area contributed by atoms with Crippen LogP contribution in [0.5, 0.6) is 5.75 Å². The SMILES string of the molecule is COC(=O)C1=C(C)N=C2SC=C(CC(=O)NCc3cccnc3)N2[C@@H]1c1cccc(OC)c1. The summed E-state index contributed by atoms with van der Waals surface area (Å²) in [5.41, 5.74) is 3.53. The van der Waals surface area contributed by atoms with Gasteiger partial charge in [0.2, 0.25) is 5.91 Å². The Morgan fingerprint density at radius 3 is 2.79 bits per heavy atom. The largest absolute Gasteiger partial charge is 0.497 e. The van der Waals surface area contributed by atoms with E-state index in [1.54, 1.807) is 26.4 Å². The molecule has 0 saturated carbocycles. The predicted molar refractivity (Wildman–Crippen MR) is 126 cm³/mol. The third-order valence-electron chi connectivity index (χ3n) is 5.37. The quantitative estimate of drug-likeness (QED) is 0.627. The van der Waals surface area contributed by atoms with Crippen LogP contribution in [0.2, 0.25) is 0 Å². The fraction of sp³-hybridized carbons (Fsp3) is 0.250. The number of carbonyl (C=O) groups is 2. The standard InChI is InChI=1S/C24H24N4O4S/c1-15-21(23(30)32-3)22(17-7-4-8-19(10-17)31-2)28-18(14-33-24(28)27-15)11-20(29)26-13-16-6-5-9-25-12-16/h4-10,12,14,22H,11,13H2,1-3H3,(H,26,29)/t22-/m1/s1. The maximum atomic E-state index is 12.8. The second kappa shape index (κ2) is 9.91. The number of ether oxygens (including phenoxy) is 2. The maximum Gasteiger partial charge on any atom is 0.338 e. The molecule has 4 rings (SSSR count). The molecule has 0 aliphatic carbocycles. The Hall–Kier alpha value is -3.59. The van der Waals surface area contributed by atoms with Crippen molar-refractivity contribution in [3.63, 3.8) is 0 Å². The van der Waals surface area contributed by atoms with Gasteiger partial charge in [-0.05, 0) is 41.7 Å². The van der Waals surface area contributed by atoms with Gasteiger partial charge in [-0.3, -0.25) is 9.78 Å². The van der Waals surface area contributed by atoms with Crippen LogP contribution in [0.4, 0.5) is 0 Å². The van der Waals surface area contributed by atoms with Gasteiger partial charge in [-0.25, -0.2) is 9.79 Å². The van der Waals surface area contributed by atoms with E-state index in [0.29, 0.717) is 28.7 Å². The number of methoxy groups -OCH3 is 2. The van der Waals surface area contributed by atoms with Gasteiger partial charge in [0.15, 0.2) is 5.17 Å². The number of amidine groups is 1. The van der Waals surface area contributed by atoms with Crippen molar-refractivity contribution in [2.75, 3.05) is 14.2 Å². The topological polar surface area (TPSA) is 93.1 Å². The van der Waals surface area contributed by atoms with Crippen LogP contribution in [0.25, 0.3) is 0 Å². The van der Waals surface area contributed by atoms with Crippen LogP contribution in [0.3, 0.4) is 0 Å². The lowest BCUT2D eigenvalue weighted by molar-refractivity contribution is -0.136. The Bertz CT molecular complexity index is 1160. The highest BCUT2D eigenvalue weighted by Gasteiger charge is 2.41. The van der Waals surface area contributed by atoms with Crippen molar-refractivity contribution >= 4 is 28.8 Å². The molecule has 1 aromatic heterocycles. The molecule has 2 aromatic rings. The van der Waals surface area contributed by atoms with Gasteiger partial charge in [0.05, 0.1) is 38.0 Å². The zero-order chi connectivity index (χ0) is 23.4. The number of nitrogens with zero attached hydrogens (tertiary/aromatic N) is 3. The fourth-order valence-corrected chi connectivity index (χ4v) is 4.76. The fourth-order valence-electron chi connectivity index (χ4n) is 3.80. The third-order valence-corrected chi connectivity index (χ3v) is 6.26. The first kappa shape index (κ1) is 22.6. The van der Waals surface area contributed by atoms with E-state index in [9.17, 15) is 9.59 Å². The number of nitrogens with one attached hydrogen (secondary N) is 1. The number of aromatic nitrogens is 1. The number of benzene rings is 1. The van der Waals surface area contributed by atoms with Gasteiger partial charge in [0.1, 0.15) is 5.75 Å². The second-order valence-electron chi connectivity index (χ2n) is 7.48. The smallest absolute Gasteiger partial charge is 0.338 e. The Balaban J connectivity index is 1.62. The number of pyridine rings is 1. The van der Waals surface area contributed by atoms with Gasteiger partial charge < -0.3 is 19.7 Å². The van der Waals surface area contributed by atoms with Crippen LogP contribution < -0.4 is 10.1 Å². The van der Waals surface area contributed by atoms with Gasteiger partial charge >= 0.3 is 5.97 Å². The van der Waals surface area contributed by atoms with Gasteiger partial charge in [-0.15, -0.1) is 0 Å². The number of thioether (sulfide) groups is 1. The lowest BCUT2D eigenvalue weighted by atomic mass is 9.93. The van der Waals surface area contributed by atoms with Crippen LogP contribution in [-0.2, 0) is 20.9 Å². The van der Waals surface area contributed by atoms with Gasteiger partial charge in [-0.2, -0.15) is 0 Å². The molecule has 2 aliphatic rings. The summed E-state index contributed by atoms with van der Waals surface area (Å²) in [5.74, 6) is 0.0765. The summed E-state index contributed by atoms with van der Waals surface area (Å²) in [7, 11) is 2.95. The Kier molecular flexibility index (Phi) is 6.79. The molecule has 0 unspecified atom stereocenters. The van der Waals surface area contributed by atoms with Crippen LogP contribution in [0, 0.1) is 0 Å². The molecule has 1 atom stereocenters. The summed E-state index contributed by atoms with van der Waals surface area (Å²) in [6.45, 7) is 2.18. The van der Waals surface area contributed by atoms with Crippen molar-refractivity contribution in [2.24, 2.45) is 4.99 Å². The van der Waals surface area contributed by atoms with Gasteiger partial charge in [-0.1, -0.05) is 30.0 Å². The molecule has 0 saturated heterocycles. The van der Waals surface area contributed by atoms with E-state index in [0.717, 1.165) is 16.8 Å². The van der Waals surface area contributed by atoms with E-state index < -0.39 is 12.0 Å². The van der Waals surface area contributed by atoms with E-state index in [1.807, 2.05) is 46.7 Å². The van der Waals surface area contributed by atoms with E-state index >= 15 is 0 Å². The highest BCUT2D eigenvalue weighted by molar-refractivity contribution is 8.16. The van der Waals surface area contributed by atoms with Crippen molar-refractivity contribution in [2.45, 2.75) is 25.9 Å². The maximum absolute atomic E-state index is 12.8. The first-order valence-corrected chi connectivity index (χ1v) is 11.2. The molecule has 9 heteroatoms. The molecule has 0 radical (unpaired) electrons. The number of aliphatic imine (C=N–C) groups is 1. The van der Waals surface area contributed by atoms with Crippen molar-refractivity contribution < 1.29 is 19.1 Å². The van der Waals surface area contributed by atoms with E-state index in [2.05, 4.69) is 15.3 Å². The number of carbonyl (C=O) groups excluding carboxylic acids is 2. The summed E-state index contributed by atoms with van der Waals surface area (Å²) < 4.78 is 10.5. The summed E-state index contributed by atoms with van der Waals surface area (Å²) in [5, 5.41) is 5.55. The molecule has 8 nitrogen and oxygen atoms in total. The summed E-state index contributed by atoms with van der Waals surface area (Å²) >= 11 is 1.43. The number of hydrogen-bond acceptors (Lipinski definition) is 8.